The highest BCUT2D eigenvalue weighted by Crippen LogP contribution is 2.40. The van der Waals surface area contributed by atoms with E-state index >= 15 is 0 Å². The van der Waals surface area contributed by atoms with E-state index in [-0.39, 0.29) is 5.69 Å². The molecule has 0 atom stereocenters. The second-order valence-corrected chi connectivity index (χ2v) is 7.89. The summed E-state index contributed by atoms with van der Waals surface area (Å²) < 4.78 is 8.71. The monoisotopic (exact) mass is 367 g/mol. The molecule has 1 fully saturated rings. The molecule has 3 aromatic rings. The molecule has 0 spiro atoms. The van der Waals surface area contributed by atoms with Crippen LogP contribution in [0.1, 0.15) is 71.6 Å². The summed E-state index contributed by atoms with van der Waals surface area (Å²) in [4.78, 5) is 28.0. The minimum Gasteiger partial charge on any atom is -0.455 e. The number of fused-ring (bicyclic) bond motifs is 1. The van der Waals surface area contributed by atoms with Gasteiger partial charge in [-0.3, -0.25) is 4.79 Å². The zero-order chi connectivity index (χ0) is 19.2. The summed E-state index contributed by atoms with van der Waals surface area (Å²) in [6, 6.07) is 1.92. The molecular formula is C19H21N5O3. The Balaban J connectivity index is 1.57. The number of aromatic nitrogens is 5. The molecule has 0 radical (unpaired) electrons. The Kier molecular flexibility index (Phi) is 4.05. The van der Waals surface area contributed by atoms with Crippen molar-refractivity contribution in [1.82, 2.24) is 24.4 Å². The number of rotatable bonds is 5. The number of pyridine rings is 1. The number of esters is 1. The van der Waals surface area contributed by atoms with Crippen molar-refractivity contribution in [3.05, 3.63) is 47.2 Å². The summed E-state index contributed by atoms with van der Waals surface area (Å²) >= 11 is 0. The van der Waals surface area contributed by atoms with Crippen LogP contribution in [0.15, 0.2) is 24.7 Å². The van der Waals surface area contributed by atoms with Crippen LogP contribution >= 0.6 is 0 Å². The second kappa shape index (κ2) is 6.29. The van der Waals surface area contributed by atoms with Gasteiger partial charge in [-0.05, 0) is 51.2 Å². The molecule has 0 amide bonds. The van der Waals surface area contributed by atoms with Gasteiger partial charge in [-0.2, -0.15) is 0 Å². The molecule has 140 valence electrons. The molecule has 0 bridgehead atoms. The van der Waals surface area contributed by atoms with Crippen molar-refractivity contribution >= 4 is 17.9 Å². The van der Waals surface area contributed by atoms with Crippen LogP contribution in [0.5, 0.6) is 0 Å². The molecule has 0 aromatic carbocycles. The Morgan fingerprint density at radius 3 is 2.74 bits per heavy atom. The maximum Gasteiger partial charge on any atom is 0.361 e. The van der Waals surface area contributed by atoms with Crippen molar-refractivity contribution in [2.45, 2.75) is 51.7 Å². The van der Waals surface area contributed by atoms with Crippen molar-refractivity contribution in [3.63, 3.8) is 0 Å². The van der Waals surface area contributed by atoms with Gasteiger partial charge in [-0.25, -0.2) is 14.5 Å². The molecule has 0 N–H and O–H groups in total. The second-order valence-electron chi connectivity index (χ2n) is 7.89. The third-order valence-electron chi connectivity index (χ3n) is 4.30. The summed E-state index contributed by atoms with van der Waals surface area (Å²) in [5.74, 6) is 0.0340. The third-order valence-corrected chi connectivity index (χ3v) is 4.30. The van der Waals surface area contributed by atoms with E-state index in [0.29, 0.717) is 23.7 Å². The molecule has 27 heavy (non-hydrogen) atoms. The van der Waals surface area contributed by atoms with E-state index in [9.17, 15) is 9.59 Å². The molecule has 0 unspecified atom stereocenters. The average molecular weight is 367 g/mol. The number of hydrogen-bond donors (Lipinski definition) is 0. The van der Waals surface area contributed by atoms with Gasteiger partial charge in [0.05, 0.1) is 24.0 Å². The topological polar surface area (TPSA) is 91.4 Å². The molecule has 3 aromatic heterocycles. The van der Waals surface area contributed by atoms with E-state index in [1.165, 1.54) is 16.4 Å². The van der Waals surface area contributed by atoms with Gasteiger partial charge in [0.15, 0.2) is 12.0 Å². The van der Waals surface area contributed by atoms with E-state index in [1.807, 2.05) is 22.9 Å². The lowest BCUT2D eigenvalue weighted by atomic mass is 10.1. The number of nitrogens with zero attached hydrogens (tertiary/aromatic N) is 5. The Bertz CT molecular complexity index is 1020. The van der Waals surface area contributed by atoms with Crippen molar-refractivity contribution in [2.24, 2.45) is 0 Å². The minimum atomic E-state index is -0.590. The minimum absolute atomic E-state index is 0.151. The SMILES string of the molecule is CC(C)(C)OC(=O)c1cn(Cc2cn3cc(C4CC4)cc(C=O)c3n2)nn1. The fraction of sp³-hybridized carbons (Fsp3) is 0.421. The number of carbonyl (C=O) groups is 2. The number of aldehydes is 1. The maximum absolute atomic E-state index is 12.1. The zero-order valence-corrected chi connectivity index (χ0v) is 15.5. The molecule has 0 aliphatic heterocycles. The van der Waals surface area contributed by atoms with Gasteiger partial charge in [0.2, 0.25) is 0 Å². The van der Waals surface area contributed by atoms with Gasteiger partial charge in [0.25, 0.3) is 0 Å². The molecule has 8 nitrogen and oxygen atoms in total. The van der Waals surface area contributed by atoms with Gasteiger partial charge in [0.1, 0.15) is 11.2 Å². The van der Waals surface area contributed by atoms with Crippen molar-refractivity contribution in [1.29, 1.82) is 0 Å². The maximum atomic E-state index is 12.1. The van der Waals surface area contributed by atoms with E-state index < -0.39 is 11.6 Å². The van der Waals surface area contributed by atoms with Gasteiger partial charge in [-0.1, -0.05) is 5.21 Å². The van der Waals surface area contributed by atoms with Gasteiger partial charge < -0.3 is 9.14 Å². The lowest BCUT2D eigenvalue weighted by Crippen LogP contribution is -2.24. The molecule has 3 heterocycles. The Hall–Kier alpha value is -3.03. The van der Waals surface area contributed by atoms with Crippen molar-refractivity contribution in [3.8, 4) is 0 Å². The first-order valence-corrected chi connectivity index (χ1v) is 8.92. The molecule has 1 aliphatic rings. The number of ether oxygens (including phenoxy) is 1. The molecular weight excluding hydrogens is 346 g/mol. The standard InChI is InChI=1S/C19H21N5O3/c1-19(2,3)27-18(26)16-10-24(22-21-16)9-15-8-23-7-13(12-4-5-12)6-14(11-25)17(23)20-15/h6-8,10-12H,4-5,9H2,1-3H3. The molecule has 4 rings (SSSR count). The van der Waals surface area contributed by atoms with Crippen LogP contribution in [0.2, 0.25) is 0 Å². The Morgan fingerprint density at radius 1 is 1.30 bits per heavy atom. The fourth-order valence-electron chi connectivity index (χ4n) is 2.97. The highest BCUT2D eigenvalue weighted by molar-refractivity contribution is 5.87. The first-order valence-electron chi connectivity index (χ1n) is 8.92. The van der Waals surface area contributed by atoms with Gasteiger partial charge in [0, 0.05) is 12.4 Å². The summed E-state index contributed by atoms with van der Waals surface area (Å²) in [7, 11) is 0. The highest BCUT2D eigenvalue weighted by atomic mass is 16.6. The lowest BCUT2D eigenvalue weighted by Gasteiger charge is -2.18. The molecule has 0 saturated heterocycles. The summed E-state index contributed by atoms with van der Waals surface area (Å²) in [6.45, 7) is 5.74. The fourth-order valence-corrected chi connectivity index (χ4v) is 2.97. The van der Waals surface area contributed by atoms with E-state index in [2.05, 4.69) is 15.3 Å². The normalized spacial score (nSPS) is 14.5. The summed E-state index contributed by atoms with van der Waals surface area (Å²) in [5.41, 5.74) is 2.66. The van der Waals surface area contributed by atoms with Crippen LogP contribution in [0.4, 0.5) is 0 Å². The number of imidazole rings is 1. The van der Waals surface area contributed by atoms with Crippen molar-refractivity contribution in [2.75, 3.05) is 0 Å². The predicted octanol–water partition coefficient (Wildman–Crippen LogP) is 2.62. The molecule has 1 aliphatic carbocycles. The van der Waals surface area contributed by atoms with Gasteiger partial charge >= 0.3 is 5.97 Å². The Morgan fingerprint density at radius 2 is 2.07 bits per heavy atom. The zero-order valence-electron chi connectivity index (χ0n) is 15.5. The molecule has 1 saturated carbocycles. The van der Waals surface area contributed by atoms with Crippen LogP contribution in [-0.4, -0.2) is 42.2 Å². The lowest BCUT2D eigenvalue weighted by molar-refractivity contribution is 0.00626. The number of hydrogen-bond acceptors (Lipinski definition) is 6. The van der Waals surface area contributed by atoms with Gasteiger partial charge in [-0.15, -0.1) is 5.10 Å². The molecule has 8 heteroatoms. The van der Waals surface area contributed by atoms with Crippen LogP contribution in [0.3, 0.4) is 0 Å². The number of carbonyl (C=O) groups excluding carboxylic acids is 2. The summed E-state index contributed by atoms with van der Waals surface area (Å²) in [5, 5.41) is 7.86. The van der Waals surface area contributed by atoms with Crippen LogP contribution in [0.25, 0.3) is 5.65 Å². The highest BCUT2D eigenvalue weighted by Gasteiger charge is 2.25. The quantitative estimate of drug-likeness (QED) is 0.508. The van der Waals surface area contributed by atoms with Crippen LogP contribution in [-0.2, 0) is 11.3 Å². The predicted molar refractivity (Wildman–Crippen MR) is 96.8 cm³/mol. The van der Waals surface area contributed by atoms with Crippen LogP contribution < -0.4 is 0 Å². The first kappa shape index (κ1) is 17.4. The third kappa shape index (κ3) is 3.74. The smallest absolute Gasteiger partial charge is 0.361 e. The summed E-state index contributed by atoms with van der Waals surface area (Å²) in [6.07, 6.45) is 8.62. The first-order chi connectivity index (χ1) is 12.8. The van der Waals surface area contributed by atoms with Crippen molar-refractivity contribution < 1.29 is 14.3 Å². The van der Waals surface area contributed by atoms with E-state index in [4.69, 9.17) is 4.74 Å². The Labute approximate surface area is 156 Å². The average Bonchev–Trinajstić information content (AvgIpc) is 3.20. The van der Waals surface area contributed by atoms with E-state index in [0.717, 1.165) is 24.8 Å². The largest absolute Gasteiger partial charge is 0.455 e. The van der Waals surface area contributed by atoms with E-state index in [1.54, 1.807) is 20.8 Å². The van der Waals surface area contributed by atoms with Crippen LogP contribution in [0, 0.1) is 0 Å².